The summed E-state index contributed by atoms with van der Waals surface area (Å²) in [5, 5.41) is 1.26. The first-order valence-electron chi connectivity index (χ1n) is 6.75. The van der Waals surface area contributed by atoms with E-state index in [4.69, 9.17) is 27.9 Å². The zero-order valence-electron chi connectivity index (χ0n) is 12.4. The van der Waals surface area contributed by atoms with Crippen LogP contribution in [0.15, 0.2) is 47.1 Å². The van der Waals surface area contributed by atoms with Gasteiger partial charge in [-0.05, 0) is 31.9 Å². The second-order valence-electron chi connectivity index (χ2n) is 4.59. The highest BCUT2D eigenvalue weighted by molar-refractivity contribution is 6.33. The first-order chi connectivity index (χ1) is 11.1. The summed E-state index contributed by atoms with van der Waals surface area (Å²) in [5.74, 6) is 0.455. The summed E-state index contributed by atoms with van der Waals surface area (Å²) in [5.41, 5.74) is 1.57. The Hall–Kier alpha value is -2.17. The molecule has 2 aromatic rings. The minimum absolute atomic E-state index is 0.141. The summed E-state index contributed by atoms with van der Waals surface area (Å²) < 4.78 is 5.67. The van der Waals surface area contributed by atoms with Gasteiger partial charge in [-0.1, -0.05) is 35.4 Å². The molecule has 4 nitrogen and oxygen atoms in total. The molecule has 1 heterocycles. The third kappa shape index (κ3) is 4.18. The Kier molecular flexibility index (Phi) is 5.90. The van der Waals surface area contributed by atoms with Crippen molar-refractivity contribution in [2.75, 3.05) is 6.61 Å². The van der Waals surface area contributed by atoms with Crippen molar-refractivity contribution in [3.8, 4) is 5.75 Å². The van der Waals surface area contributed by atoms with Gasteiger partial charge in [-0.2, -0.15) is 0 Å². The lowest BCUT2D eigenvalue weighted by Crippen LogP contribution is -2.00. The van der Waals surface area contributed by atoms with Crippen molar-refractivity contribution in [2.45, 2.75) is 6.92 Å². The zero-order valence-corrected chi connectivity index (χ0v) is 13.9. The van der Waals surface area contributed by atoms with Crippen LogP contribution >= 0.6 is 23.2 Å². The van der Waals surface area contributed by atoms with Crippen molar-refractivity contribution >= 4 is 47.1 Å². The second kappa shape index (κ2) is 7.90. The van der Waals surface area contributed by atoms with Crippen LogP contribution in [0.4, 0.5) is 0 Å². The Morgan fingerprint density at radius 1 is 1.39 bits per heavy atom. The number of carbonyl (C=O) groups is 1. The lowest BCUT2D eigenvalue weighted by atomic mass is 10.1. The summed E-state index contributed by atoms with van der Waals surface area (Å²) in [6, 6.07) is 4.99. The van der Waals surface area contributed by atoms with Gasteiger partial charge in [-0.25, -0.2) is 4.98 Å². The van der Waals surface area contributed by atoms with E-state index in [-0.39, 0.29) is 11.8 Å². The standard InChI is InChI=1S/C17H14Cl2N2O2/c1-3-4-5-13(20-2)10-23-16-8-15-11(7-14(16)18)6-12(9-22)17(19)21-15/h3-9H,2,10H2,1H3/b4-3-,13-5-. The summed E-state index contributed by atoms with van der Waals surface area (Å²) in [6.07, 6.45) is 6.18. The largest absolute Gasteiger partial charge is 0.486 e. The summed E-state index contributed by atoms with van der Waals surface area (Å²) in [6.45, 7) is 5.63. The van der Waals surface area contributed by atoms with Crippen molar-refractivity contribution in [2.24, 2.45) is 4.99 Å². The van der Waals surface area contributed by atoms with Gasteiger partial charge >= 0.3 is 0 Å². The molecule has 1 aromatic carbocycles. The smallest absolute Gasteiger partial charge is 0.153 e. The minimum atomic E-state index is 0.141. The fraction of sp³-hybridized carbons (Fsp3) is 0.118. The lowest BCUT2D eigenvalue weighted by Gasteiger charge is -2.10. The molecule has 6 heteroatoms. The molecule has 0 aliphatic heterocycles. The van der Waals surface area contributed by atoms with Gasteiger partial charge in [0.15, 0.2) is 6.29 Å². The van der Waals surface area contributed by atoms with Gasteiger partial charge in [0.25, 0.3) is 0 Å². The van der Waals surface area contributed by atoms with Crippen LogP contribution in [0.5, 0.6) is 5.75 Å². The fourth-order valence-corrected chi connectivity index (χ4v) is 2.28. The lowest BCUT2D eigenvalue weighted by molar-refractivity contribution is 0.112. The molecular weight excluding hydrogens is 335 g/mol. The number of aliphatic imine (C=N–C) groups is 1. The number of aldehydes is 1. The number of benzene rings is 1. The normalized spacial score (nSPS) is 11.9. The van der Waals surface area contributed by atoms with Crippen molar-refractivity contribution < 1.29 is 9.53 Å². The van der Waals surface area contributed by atoms with Crippen LogP contribution < -0.4 is 4.74 Å². The third-order valence-electron chi connectivity index (χ3n) is 3.04. The van der Waals surface area contributed by atoms with E-state index >= 15 is 0 Å². The molecule has 0 unspecified atom stereocenters. The Morgan fingerprint density at radius 3 is 2.83 bits per heavy atom. The maximum atomic E-state index is 10.9. The van der Waals surface area contributed by atoms with Gasteiger partial charge in [0.2, 0.25) is 0 Å². The van der Waals surface area contributed by atoms with Crippen LogP contribution in [0.3, 0.4) is 0 Å². The molecule has 0 aliphatic carbocycles. The third-order valence-corrected chi connectivity index (χ3v) is 3.63. The Balaban J connectivity index is 2.33. The number of aromatic nitrogens is 1. The number of allylic oxidation sites excluding steroid dienone is 3. The van der Waals surface area contributed by atoms with Gasteiger partial charge in [-0.3, -0.25) is 9.79 Å². The summed E-state index contributed by atoms with van der Waals surface area (Å²) >= 11 is 12.2. The van der Waals surface area contributed by atoms with Gasteiger partial charge in [0.1, 0.15) is 17.5 Å². The zero-order chi connectivity index (χ0) is 16.8. The predicted molar refractivity (Wildman–Crippen MR) is 95.1 cm³/mol. The van der Waals surface area contributed by atoms with Crippen molar-refractivity contribution in [3.05, 3.63) is 57.9 Å². The molecule has 2 rings (SSSR count). The van der Waals surface area contributed by atoms with Crippen molar-refractivity contribution in [1.82, 2.24) is 4.98 Å². The highest BCUT2D eigenvalue weighted by atomic mass is 35.5. The molecule has 118 valence electrons. The molecule has 0 saturated heterocycles. The number of ether oxygens (including phenoxy) is 1. The summed E-state index contributed by atoms with van der Waals surface area (Å²) in [7, 11) is 0. The first kappa shape index (κ1) is 17.2. The van der Waals surface area contributed by atoms with E-state index in [9.17, 15) is 4.79 Å². The Labute approximate surface area is 144 Å². The molecule has 1 aromatic heterocycles. The number of pyridine rings is 1. The van der Waals surface area contributed by atoms with Crippen molar-refractivity contribution in [1.29, 1.82) is 0 Å². The Bertz CT molecular complexity index is 814. The van der Waals surface area contributed by atoms with Crippen LogP contribution in [0.1, 0.15) is 17.3 Å². The van der Waals surface area contributed by atoms with Crippen LogP contribution in [0, 0.1) is 0 Å². The van der Waals surface area contributed by atoms with Crippen LogP contribution in [-0.2, 0) is 0 Å². The predicted octanol–water partition coefficient (Wildman–Crippen LogP) is 4.89. The highest BCUT2D eigenvalue weighted by Crippen LogP contribution is 2.31. The molecular formula is C17H14Cl2N2O2. The van der Waals surface area contributed by atoms with Gasteiger partial charge in [0.05, 0.1) is 21.8 Å². The molecule has 23 heavy (non-hydrogen) atoms. The molecule has 0 fully saturated rings. The van der Waals surface area contributed by atoms with E-state index in [1.807, 2.05) is 19.1 Å². The van der Waals surface area contributed by atoms with Crippen LogP contribution in [0.25, 0.3) is 10.9 Å². The van der Waals surface area contributed by atoms with Crippen molar-refractivity contribution in [3.63, 3.8) is 0 Å². The highest BCUT2D eigenvalue weighted by Gasteiger charge is 2.09. The second-order valence-corrected chi connectivity index (χ2v) is 5.36. The maximum absolute atomic E-state index is 10.9. The summed E-state index contributed by atoms with van der Waals surface area (Å²) in [4.78, 5) is 19.0. The molecule has 0 spiro atoms. The Morgan fingerprint density at radius 2 is 2.17 bits per heavy atom. The van der Waals surface area contributed by atoms with Crippen LogP contribution in [-0.4, -0.2) is 24.6 Å². The van der Waals surface area contributed by atoms with Crippen LogP contribution in [0.2, 0.25) is 10.2 Å². The van der Waals surface area contributed by atoms with Gasteiger partial charge < -0.3 is 4.74 Å². The van der Waals surface area contributed by atoms with Gasteiger partial charge in [0, 0.05) is 11.5 Å². The number of fused-ring (bicyclic) bond motifs is 1. The number of carbonyl (C=O) groups excluding carboxylic acids is 1. The van der Waals surface area contributed by atoms with E-state index in [0.717, 1.165) is 0 Å². The topological polar surface area (TPSA) is 51.6 Å². The number of rotatable bonds is 6. The molecule has 0 radical (unpaired) electrons. The number of nitrogens with zero attached hydrogens (tertiary/aromatic N) is 2. The van der Waals surface area contributed by atoms with E-state index in [1.54, 1.807) is 24.3 Å². The number of hydrogen-bond acceptors (Lipinski definition) is 4. The molecule has 0 atom stereocenters. The monoisotopic (exact) mass is 348 g/mol. The molecule has 0 amide bonds. The maximum Gasteiger partial charge on any atom is 0.153 e. The average Bonchev–Trinajstić information content (AvgIpc) is 2.55. The fourth-order valence-electron chi connectivity index (χ4n) is 1.87. The average molecular weight is 349 g/mol. The molecule has 0 N–H and O–H groups in total. The number of hydrogen-bond donors (Lipinski definition) is 0. The minimum Gasteiger partial charge on any atom is -0.486 e. The SMILES string of the molecule is C=N/C(=C\C=C/C)COc1cc2nc(Cl)c(C=O)cc2cc1Cl. The van der Waals surface area contributed by atoms with E-state index in [2.05, 4.69) is 16.7 Å². The quantitative estimate of drug-likeness (QED) is 0.323. The van der Waals surface area contributed by atoms with E-state index in [1.165, 1.54) is 0 Å². The van der Waals surface area contributed by atoms with Gasteiger partial charge in [-0.15, -0.1) is 0 Å². The molecule has 0 aliphatic rings. The van der Waals surface area contributed by atoms with E-state index < -0.39 is 0 Å². The first-order valence-corrected chi connectivity index (χ1v) is 7.51. The molecule has 0 saturated carbocycles. The number of halogens is 2. The van der Waals surface area contributed by atoms with E-state index in [0.29, 0.717) is 39.2 Å². The molecule has 0 bridgehead atoms.